The lowest BCUT2D eigenvalue weighted by Gasteiger charge is -2.07. The molecule has 4 rings (SSSR count). The van der Waals surface area contributed by atoms with Crippen molar-refractivity contribution in [3.8, 4) is 0 Å². The molecule has 0 radical (unpaired) electrons. The normalized spacial score (nSPS) is 11.1. The van der Waals surface area contributed by atoms with Crippen molar-refractivity contribution in [2.75, 3.05) is 6.54 Å². The molecule has 9 nitrogen and oxygen atoms in total. The first-order valence-corrected chi connectivity index (χ1v) is 8.31. The Morgan fingerprint density at radius 2 is 1.96 bits per heavy atom. The number of hydrogen-bond acceptors (Lipinski definition) is 6. The van der Waals surface area contributed by atoms with E-state index < -0.39 is 11.2 Å². The van der Waals surface area contributed by atoms with E-state index in [2.05, 4.69) is 20.4 Å². The molecule has 0 aliphatic heterocycles. The number of carbonyl (C=O) groups is 1. The number of nitrogens with one attached hydrogen (secondary N) is 2. The van der Waals surface area contributed by atoms with Crippen molar-refractivity contribution in [1.29, 1.82) is 0 Å². The first-order chi connectivity index (χ1) is 13.1. The molecule has 3 heterocycles. The molecule has 136 valence electrons. The van der Waals surface area contributed by atoms with E-state index in [0.29, 0.717) is 16.7 Å². The van der Waals surface area contributed by atoms with E-state index in [1.165, 1.54) is 6.20 Å². The molecule has 4 aromatic rings. The van der Waals surface area contributed by atoms with Crippen LogP contribution in [0.4, 0.5) is 0 Å². The number of nitrogens with zero attached hydrogens (tertiary/aromatic N) is 3. The van der Waals surface area contributed by atoms with Gasteiger partial charge in [-0.3, -0.25) is 19.1 Å². The molecule has 0 saturated carbocycles. The van der Waals surface area contributed by atoms with Crippen molar-refractivity contribution in [2.24, 2.45) is 0 Å². The minimum absolute atomic E-state index is 0.0455. The average molecular weight is 365 g/mol. The van der Waals surface area contributed by atoms with Crippen LogP contribution in [0.25, 0.3) is 22.0 Å². The summed E-state index contributed by atoms with van der Waals surface area (Å²) < 4.78 is 6.21. The van der Waals surface area contributed by atoms with Gasteiger partial charge in [0.1, 0.15) is 11.3 Å². The van der Waals surface area contributed by atoms with E-state index in [1.807, 2.05) is 18.2 Å². The van der Waals surface area contributed by atoms with Gasteiger partial charge in [-0.2, -0.15) is 0 Å². The van der Waals surface area contributed by atoms with Crippen molar-refractivity contribution in [3.63, 3.8) is 0 Å². The Balaban J connectivity index is 1.44. The Labute approximate surface area is 151 Å². The predicted octanol–water partition coefficient (Wildman–Crippen LogP) is 0.585. The first kappa shape index (κ1) is 16.7. The Morgan fingerprint density at radius 3 is 2.85 bits per heavy atom. The molecule has 3 aromatic heterocycles. The van der Waals surface area contributed by atoms with Crippen LogP contribution in [-0.2, 0) is 17.8 Å². The summed E-state index contributed by atoms with van der Waals surface area (Å²) in [5, 5.41) is 7.70. The number of benzene rings is 1. The Kier molecular flexibility index (Phi) is 4.25. The zero-order chi connectivity index (χ0) is 18.8. The summed E-state index contributed by atoms with van der Waals surface area (Å²) in [6.07, 6.45) is 1.54. The molecule has 1 amide bonds. The maximum Gasteiger partial charge on any atom is 0.330 e. The van der Waals surface area contributed by atoms with Crippen molar-refractivity contribution in [1.82, 2.24) is 25.0 Å². The summed E-state index contributed by atoms with van der Waals surface area (Å²) in [6, 6.07) is 10.5. The number of pyridine rings is 1. The number of H-pyrrole nitrogens is 1. The molecule has 0 fully saturated rings. The van der Waals surface area contributed by atoms with Crippen molar-refractivity contribution in [3.05, 3.63) is 69.1 Å². The van der Waals surface area contributed by atoms with E-state index in [4.69, 9.17) is 4.52 Å². The average Bonchev–Trinajstić information content (AvgIpc) is 3.07. The van der Waals surface area contributed by atoms with Gasteiger partial charge in [0.25, 0.3) is 5.56 Å². The summed E-state index contributed by atoms with van der Waals surface area (Å²) in [7, 11) is 0. The molecular formula is C18H15N5O4. The fourth-order valence-corrected chi connectivity index (χ4v) is 2.87. The third-order valence-electron chi connectivity index (χ3n) is 4.19. The van der Waals surface area contributed by atoms with Crippen LogP contribution in [0.3, 0.4) is 0 Å². The lowest BCUT2D eigenvalue weighted by molar-refractivity contribution is -0.120. The molecule has 27 heavy (non-hydrogen) atoms. The van der Waals surface area contributed by atoms with Gasteiger partial charge in [-0.15, -0.1) is 0 Å². The number of aromatic amines is 1. The van der Waals surface area contributed by atoms with E-state index in [1.54, 1.807) is 18.2 Å². The largest absolute Gasteiger partial charge is 0.356 e. The molecule has 9 heteroatoms. The fraction of sp³-hybridized carbons (Fsp3) is 0.167. The zero-order valence-corrected chi connectivity index (χ0v) is 14.1. The minimum Gasteiger partial charge on any atom is -0.356 e. The van der Waals surface area contributed by atoms with E-state index >= 15 is 0 Å². The molecular weight excluding hydrogens is 350 g/mol. The molecule has 0 atom stereocenters. The van der Waals surface area contributed by atoms with Crippen molar-refractivity contribution in [2.45, 2.75) is 13.0 Å². The molecule has 0 aliphatic rings. The molecule has 0 aliphatic carbocycles. The summed E-state index contributed by atoms with van der Waals surface area (Å²) >= 11 is 0. The van der Waals surface area contributed by atoms with E-state index in [0.717, 1.165) is 9.95 Å². The third-order valence-corrected chi connectivity index (χ3v) is 4.19. The lowest BCUT2D eigenvalue weighted by Crippen LogP contribution is -2.39. The minimum atomic E-state index is -0.567. The quantitative estimate of drug-likeness (QED) is 0.533. The smallest absolute Gasteiger partial charge is 0.330 e. The maximum absolute atomic E-state index is 12.4. The standard InChI is InChI=1S/C18H15N5O4/c24-15(10-13-11-4-1-2-6-14(11)27-22-13)19-8-9-23-17(25)12-5-3-7-20-16(12)21-18(23)26/h1-7H,8-10H2,(H,19,24)(H,20,21,26). The van der Waals surface area contributed by atoms with Gasteiger partial charge in [-0.1, -0.05) is 17.3 Å². The van der Waals surface area contributed by atoms with Crippen LogP contribution >= 0.6 is 0 Å². The topological polar surface area (TPSA) is 123 Å². The number of hydrogen-bond donors (Lipinski definition) is 2. The molecule has 0 saturated heterocycles. The van der Waals surface area contributed by atoms with Crippen LogP contribution < -0.4 is 16.6 Å². The first-order valence-electron chi connectivity index (χ1n) is 8.31. The van der Waals surface area contributed by atoms with Crippen LogP contribution in [0.15, 0.2) is 56.7 Å². The number of para-hydroxylation sites is 1. The molecule has 0 spiro atoms. The highest BCUT2D eigenvalue weighted by Gasteiger charge is 2.12. The zero-order valence-electron chi connectivity index (χ0n) is 14.1. The van der Waals surface area contributed by atoms with Crippen molar-refractivity contribution >= 4 is 27.9 Å². The SMILES string of the molecule is O=C(Cc1noc2ccccc12)NCCn1c(=O)[nH]c2ncccc2c1=O. The predicted molar refractivity (Wildman–Crippen MR) is 97.3 cm³/mol. The van der Waals surface area contributed by atoms with Crippen LogP contribution in [0.1, 0.15) is 5.69 Å². The molecule has 1 aromatic carbocycles. The second-order valence-electron chi connectivity index (χ2n) is 5.94. The Hall–Kier alpha value is -3.75. The Morgan fingerprint density at radius 1 is 1.15 bits per heavy atom. The van der Waals surface area contributed by atoms with Gasteiger partial charge in [0.2, 0.25) is 5.91 Å². The lowest BCUT2D eigenvalue weighted by atomic mass is 10.1. The van der Waals surface area contributed by atoms with Gasteiger partial charge in [-0.25, -0.2) is 9.78 Å². The van der Waals surface area contributed by atoms with Gasteiger partial charge in [0, 0.05) is 24.7 Å². The molecule has 0 bridgehead atoms. The number of carbonyl (C=O) groups excluding carboxylic acids is 1. The van der Waals surface area contributed by atoms with Crippen LogP contribution in [0.5, 0.6) is 0 Å². The van der Waals surface area contributed by atoms with Crippen LogP contribution in [0, 0.1) is 0 Å². The highest BCUT2D eigenvalue weighted by Crippen LogP contribution is 2.17. The highest BCUT2D eigenvalue weighted by molar-refractivity contribution is 5.86. The van der Waals surface area contributed by atoms with Crippen LogP contribution in [0.2, 0.25) is 0 Å². The number of aromatic nitrogens is 4. The van der Waals surface area contributed by atoms with Crippen molar-refractivity contribution < 1.29 is 9.32 Å². The summed E-state index contributed by atoms with van der Waals surface area (Å²) in [5.74, 6) is -0.277. The second-order valence-corrected chi connectivity index (χ2v) is 5.94. The number of fused-ring (bicyclic) bond motifs is 2. The van der Waals surface area contributed by atoms with E-state index in [-0.39, 0.29) is 31.1 Å². The van der Waals surface area contributed by atoms with Crippen LogP contribution in [-0.4, -0.2) is 32.1 Å². The van der Waals surface area contributed by atoms with Gasteiger partial charge < -0.3 is 9.84 Å². The van der Waals surface area contributed by atoms with Gasteiger partial charge in [0.05, 0.1) is 11.8 Å². The molecule has 0 unspecified atom stereocenters. The highest BCUT2D eigenvalue weighted by atomic mass is 16.5. The summed E-state index contributed by atoms with van der Waals surface area (Å²) in [6.45, 7) is 0.174. The van der Waals surface area contributed by atoms with Gasteiger partial charge in [-0.05, 0) is 24.3 Å². The second kappa shape index (κ2) is 6.87. The maximum atomic E-state index is 12.4. The van der Waals surface area contributed by atoms with Gasteiger partial charge in [0.15, 0.2) is 5.58 Å². The summed E-state index contributed by atoms with van der Waals surface area (Å²) in [5.41, 5.74) is 0.380. The fourth-order valence-electron chi connectivity index (χ4n) is 2.87. The summed E-state index contributed by atoms with van der Waals surface area (Å²) in [4.78, 5) is 43.1. The number of amides is 1. The number of rotatable bonds is 5. The Bertz CT molecular complexity index is 1250. The van der Waals surface area contributed by atoms with Gasteiger partial charge >= 0.3 is 5.69 Å². The van der Waals surface area contributed by atoms with E-state index in [9.17, 15) is 14.4 Å². The molecule has 2 N–H and O–H groups in total. The third kappa shape index (κ3) is 3.22. The monoisotopic (exact) mass is 365 g/mol.